The molecule has 3 nitrogen and oxygen atoms in total. The van der Waals surface area contributed by atoms with E-state index in [-0.39, 0.29) is 11.8 Å². The maximum atomic E-state index is 7.84. The smallest absolute Gasteiger partial charge is 0.0995 e. The third-order valence-corrected chi connectivity index (χ3v) is 4.27. The van der Waals surface area contributed by atoms with Gasteiger partial charge in [0.1, 0.15) is 0 Å². The van der Waals surface area contributed by atoms with Crippen molar-refractivity contribution in [2.24, 2.45) is 17.6 Å². The number of nitrogens with zero attached hydrogens (tertiary/aromatic N) is 1. The molecule has 0 aromatic heterocycles. The lowest BCUT2D eigenvalue weighted by atomic mass is 9.95. The van der Waals surface area contributed by atoms with Gasteiger partial charge < -0.3 is 10.6 Å². The fourth-order valence-electron chi connectivity index (χ4n) is 2.90. The van der Waals surface area contributed by atoms with Crippen LogP contribution in [0.2, 0.25) is 0 Å². The summed E-state index contributed by atoms with van der Waals surface area (Å²) in [7, 11) is 0. The molecule has 104 valence electrons. The monoisotopic (exact) mass is 259 g/mol. The average Bonchev–Trinajstić information content (AvgIpc) is 2.85. The molecule has 3 heteroatoms. The van der Waals surface area contributed by atoms with E-state index in [4.69, 9.17) is 11.1 Å². The molecule has 0 spiro atoms. The summed E-state index contributed by atoms with van der Waals surface area (Å²) in [5.74, 6) is 1.85. The van der Waals surface area contributed by atoms with E-state index in [0.29, 0.717) is 0 Å². The Morgan fingerprint density at radius 3 is 2.58 bits per heavy atom. The summed E-state index contributed by atoms with van der Waals surface area (Å²) in [6.07, 6.45) is 1.27. The number of likely N-dealkylation sites (tertiary alicyclic amines) is 1. The molecule has 0 aliphatic carbocycles. The summed E-state index contributed by atoms with van der Waals surface area (Å²) >= 11 is 0. The lowest BCUT2D eigenvalue weighted by Gasteiger charge is -2.24. The minimum atomic E-state index is 0.0344. The van der Waals surface area contributed by atoms with Crippen molar-refractivity contribution >= 4 is 5.84 Å². The number of benzene rings is 1. The van der Waals surface area contributed by atoms with Crippen molar-refractivity contribution in [2.45, 2.75) is 26.2 Å². The van der Waals surface area contributed by atoms with Crippen LogP contribution in [0.4, 0.5) is 0 Å². The van der Waals surface area contributed by atoms with Crippen molar-refractivity contribution in [1.29, 1.82) is 5.41 Å². The first kappa shape index (κ1) is 14.1. The SMILES string of the molecule is CC(C)C1CCN(CC(C(=N)N)c2ccccc2)C1. The Labute approximate surface area is 116 Å². The summed E-state index contributed by atoms with van der Waals surface area (Å²) < 4.78 is 0. The highest BCUT2D eigenvalue weighted by atomic mass is 15.1. The van der Waals surface area contributed by atoms with Crippen LogP contribution >= 0.6 is 0 Å². The van der Waals surface area contributed by atoms with E-state index < -0.39 is 0 Å². The van der Waals surface area contributed by atoms with Crippen LogP contribution in [0.5, 0.6) is 0 Å². The molecule has 0 radical (unpaired) electrons. The van der Waals surface area contributed by atoms with Gasteiger partial charge in [-0.15, -0.1) is 0 Å². The van der Waals surface area contributed by atoms with E-state index in [1.54, 1.807) is 0 Å². The largest absolute Gasteiger partial charge is 0.387 e. The van der Waals surface area contributed by atoms with Gasteiger partial charge in [0.05, 0.1) is 11.8 Å². The maximum Gasteiger partial charge on any atom is 0.0995 e. The zero-order chi connectivity index (χ0) is 13.8. The molecule has 2 rings (SSSR count). The Balaban J connectivity index is 2.01. The van der Waals surface area contributed by atoms with Crippen LogP contribution in [0.15, 0.2) is 30.3 Å². The molecule has 2 atom stereocenters. The topological polar surface area (TPSA) is 53.1 Å². The van der Waals surface area contributed by atoms with E-state index in [2.05, 4.69) is 30.9 Å². The second-order valence-corrected chi connectivity index (χ2v) is 5.97. The van der Waals surface area contributed by atoms with Crippen molar-refractivity contribution in [1.82, 2.24) is 4.90 Å². The molecule has 3 N–H and O–H groups in total. The first-order valence-electron chi connectivity index (χ1n) is 7.19. The Morgan fingerprint density at radius 2 is 2.05 bits per heavy atom. The van der Waals surface area contributed by atoms with Crippen LogP contribution in [0.25, 0.3) is 0 Å². The highest BCUT2D eigenvalue weighted by Crippen LogP contribution is 2.26. The Morgan fingerprint density at radius 1 is 1.37 bits per heavy atom. The van der Waals surface area contributed by atoms with Gasteiger partial charge in [0, 0.05) is 13.1 Å². The normalized spacial score (nSPS) is 21.7. The lowest BCUT2D eigenvalue weighted by Crippen LogP contribution is -2.33. The van der Waals surface area contributed by atoms with Crippen LogP contribution < -0.4 is 5.73 Å². The predicted molar refractivity (Wildman–Crippen MR) is 80.5 cm³/mol. The van der Waals surface area contributed by atoms with E-state index >= 15 is 0 Å². The van der Waals surface area contributed by atoms with Crippen molar-refractivity contribution in [2.75, 3.05) is 19.6 Å². The Hall–Kier alpha value is -1.35. The number of amidine groups is 1. The number of nitrogens with two attached hydrogens (primary N) is 1. The molecular weight excluding hydrogens is 234 g/mol. The molecule has 19 heavy (non-hydrogen) atoms. The molecule has 1 fully saturated rings. The van der Waals surface area contributed by atoms with E-state index in [0.717, 1.165) is 37.0 Å². The van der Waals surface area contributed by atoms with Crippen LogP contribution in [0.3, 0.4) is 0 Å². The second kappa shape index (κ2) is 6.20. The minimum absolute atomic E-state index is 0.0344. The number of nitrogens with one attached hydrogen (secondary N) is 1. The number of hydrogen-bond donors (Lipinski definition) is 2. The summed E-state index contributed by atoms with van der Waals surface area (Å²) in [4.78, 5) is 2.46. The van der Waals surface area contributed by atoms with Crippen LogP contribution in [0.1, 0.15) is 31.7 Å². The maximum absolute atomic E-state index is 7.84. The van der Waals surface area contributed by atoms with E-state index in [1.165, 1.54) is 6.42 Å². The van der Waals surface area contributed by atoms with Gasteiger partial charge in [0.25, 0.3) is 0 Å². The van der Waals surface area contributed by atoms with Gasteiger partial charge in [-0.1, -0.05) is 44.2 Å². The Bertz CT molecular complexity index is 413. The lowest BCUT2D eigenvalue weighted by molar-refractivity contribution is 0.300. The fourth-order valence-corrected chi connectivity index (χ4v) is 2.90. The molecule has 0 bridgehead atoms. The molecule has 1 aliphatic rings. The van der Waals surface area contributed by atoms with Crippen LogP contribution in [-0.2, 0) is 0 Å². The van der Waals surface area contributed by atoms with Crippen molar-refractivity contribution in [3.8, 4) is 0 Å². The fraction of sp³-hybridized carbons (Fsp3) is 0.562. The first-order valence-corrected chi connectivity index (χ1v) is 7.19. The van der Waals surface area contributed by atoms with Crippen LogP contribution in [0, 0.1) is 17.2 Å². The summed E-state index contributed by atoms with van der Waals surface area (Å²) in [5.41, 5.74) is 6.95. The number of hydrogen-bond acceptors (Lipinski definition) is 2. The zero-order valence-corrected chi connectivity index (χ0v) is 12.0. The van der Waals surface area contributed by atoms with Gasteiger partial charge in [0.2, 0.25) is 0 Å². The van der Waals surface area contributed by atoms with Gasteiger partial charge in [-0.25, -0.2) is 0 Å². The number of rotatable bonds is 5. The van der Waals surface area contributed by atoms with E-state index in [9.17, 15) is 0 Å². The molecule has 0 amide bonds. The molecular formula is C16H25N3. The summed E-state index contributed by atoms with van der Waals surface area (Å²) in [5, 5.41) is 7.84. The highest BCUT2D eigenvalue weighted by molar-refractivity contribution is 5.84. The molecule has 1 heterocycles. The van der Waals surface area contributed by atoms with Gasteiger partial charge in [-0.3, -0.25) is 5.41 Å². The molecule has 1 aromatic carbocycles. The van der Waals surface area contributed by atoms with E-state index in [1.807, 2.05) is 18.2 Å². The molecule has 0 saturated carbocycles. The predicted octanol–water partition coefficient (Wildman–Crippen LogP) is 2.68. The van der Waals surface area contributed by atoms with Gasteiger partial charge >= 0.3 is 0 Å². The molecule has 1 aromatic rings. The summed E-state index contributed by atoms with van der Waals surface area (Å²) in [6.45, 7) is 7.76. The molecule has 1 aliphatic heterocycles. The average molecular weight is 259 g/mol. The second-order valence-electron chi connectivity index (χ2n) is 5.97. The highest BCUT2D eigenvalue weighted by Gasteiger charge is 2.27. The third kappa shape index (κ3) is 3.57. The van der Waals surface area contributed by atoms with Crippen molar-refractivity contribution in [3.63, 3.8) is 0 Å². The minimum Gasteiger partial charge on any atom is -0.387 e. The standard InChI is InChI=1S/C16H25N3/c1-12(2)14-8-9-19(10-14)11-15(16(17)18)13-6-4-3-5-7-13/h3-7,12,14-15H,8-11H2,1-2H3,(H3,17,18). The summed E-state index contributed by atoms with van der Waals surface area (Å²) in [6, 6.07) is 10.2. The van der Waals surface area contributed by atoms with Crippen molar-refractivity contribution < 1.29 is 0 Å². The first-order chi connectivity index (χ1) is 9.08. The van der Waals surface area contributed by atoms with Gasteiger partial charge in [-0.2, -0.15) is 0 Å². The molecule has 2 unspecified atom stereocenters. The van der Waals surface area contributed by atoms with Gasteiger partial charge in [0.15, 0.2) is 0 Å². The third-order valence-electron chi connectivity index (χ3n) is 4.27. The van der Waals surface area contributed by atoms with Crippen molar-refractivity contribution in [3.05, 3.63) is 35.9 Å². The Kier molecular flexibility index (Phi) is 4.59. The molecule has 1 saturated heterocycles. The quantitative estimate of drug-likeness (QED) is 0.631. The van der Waals surface area contributed by atoms with Crippen LogP contribution in [-0.4, -0.2) is 30.4 Å². The zero-order valence-electron chi connectivity index (χ0n) is 12.0. The van der Waals surface area contributed by atoms with Gasteiger partial charge in [-0.05, 0) is 30.4 Å².